The summed E-state index contributed by atoms with van der Waals surface area (Å²) in [4.78, 5) is 2.07. The molecule has 0 aromatic heterocycles. The minimum absolute atomic E-state index is 0.231. The molecule has 1 heterocycles. The highest BCUT2D eigenvalue weighted by Gasteiger charge is 2.19. The number of rotatable bonds is 3. The van der Waals surface area contributed by atoms with Gasteiger partial charge in [0.25, 0.3) is 0 Å². The van der Waals surface area contributed by atoms with Crippen molar-refractivity contribution in [2.24, 2.45) is 5.92 Å². The lowest BCUT2D eigenvalue weighted by Crippen LogP contribution is -2.29. The van der Waals surface area contributed by atoms with Crippen molar-refractivity contribution in [3.05, 3.63) is 78.0 Å². The van der Waals surface area contributed by atoms with Gasteiger partial charge in [-0.2, -0.15) is 0 Å². The fraction of sp³-hybridized carbons (Fsp3) is 0.200. The monoisotopic (exact) mass is 309 g/mol. The van der Waals surface area contributed by atoms with E-state index in [2.05, 4.69) is 18.7 Å². The number of anilines is 1. The largest absolute Gasteiger partial charge is 0.510 e. The van der Waals surface area contributed by atoms with Gasteiger partial charge in [0.1, 0.15) is 11.6 Å². The van der Waals surface area contributed by atoms with Crippen molar-refractivity contribution in [2.45, 2.75) is 13.8 Å². The molecule has 3 rings (SSSR count). The summed E-state index contributed by atoms with van der Waals surface area (Å²) in [7, 11) is 0. The molecule has 0 fully saturated rings. The van der Waals surface area contributed by atoms with E-state index in [1.807, 2.05) is 36.4 Å². The number of hydrogen-bond donors (Lipinski definition) is 1. The van der Waals surface area contributed by atoms with E-state index in [9.17, 15) is 9.50 Å². The number of hydrogen-bond acceptors (Lipinski definition) is 2. The molecule has 2 nitrogen and oxygen atoms in total. The first-order valence-corrected chi connectivity index (χ1v) is 7.78. The molecule has 0 spiro atoms. The first-order chi connectivity index (χ1) is 11.1. The third-order valence-corrected chi connectivity index (χ3v) is 4.01. The van der Waals surface area contributed by atoms with Crippen LogP contribution in [0.25, 0.3) is 11.1 Å². The van der Waals surface area contributed by atoms with E-state index < -0.39 is 0 Å². The van der Waals surface area contributed by atoms with Gasteiger partial charge in [0.05, 0.1) is 6.54 Å². The molecule has 0 saturated carbocycles. The zero-order chi connectivity index (χ0) is 16.4. The van der Waals surface area contributed by atoms with Crippen LogP contribution in [0.15, 0.2) is 72.1 Å². The Labute approximate surface area is 136 Å². The minimum Gasteiger partial charge on any atom is -0.510 e. The van der Waals surface area contributed by atoms with Crippen molar-refractivity contribution in [3.8, 4) is 11.1 Å². The van der Waals surface area contributed by atoms with E-state index in [1.165, 1.54) is 6.07 Å². The summed E-state index contributed by atoms with van der Waals surface area (Å²) in [6, 6.07) is 14.5. The predicted octanol–water partition coefficient (Wildman–Crippen LogP) is 5.29. The van der Waals surface area contributed by atoms with Crippen LogP contribution in [0, 0.1) is 11.7 Å². The molecule has 0 amide bonds. The van der Waals surface area contributed by atoms with E-state index >= 15 is 0 Å². The third kappa shape index (κ3) is 3.14. The zero-order valence-electron chi connectivity index (χ0n) is 13.3. The highest BCUT2D eigenvalue weighted by molar-refractivity contribution is 5.70. The predicted molar refractivity (Wildman–Crippen MR) is 92.8 cm³/mol. The number of allylic oxidation sites excluding steroid dienone is 3. The van der Waals surface area contributed by atoms with Crippen molar-refractivity contribution in [2.75, 3.05) is 11.4 Å². The summed E-state index contributed by atoms with van der Waals surface area (Å²) in [6.45, 7) is 4.68. The topological polar surface area (TPSA) is 23.5 Å². The molecule has 118 valence electrons. The van der Waals surface area contributed by atoms with Gasteiger partial charge in [-0.05, 0) is 41.8 Å². The molecule has 2 aromatic rings. The fourth-order valence-corrected chi connectivity index (χ4v) is 2.86. The molecule has 0 bridgehead atoms. The Morgan fingerprint density at radius 1 is 1.04 bits per heavy atom. The Kier molecular flexibility index (Phi) is 4.20. The number of aliphatic hydroxyl groups is 1. The number of halogens is 1. The lowest BCUT2D eigenvalue weighted by Gasteiger charge is -2.32. The summed E-state index contributed by atoms with van der Waals surface area (Å²) in [5, 5.41) is 9.89. The normalized spacial score (nSPS) is 14.7. The van der Waals surface area contributed by atoms with Gasteiger partial charge in [-0.15, -0.1) is 0 Å². The van der Waals surface area contributed by atoms with Gasteiger partial charge in [0.15, 0.2) is 0 Å². The van der Waals surface area contributed by atoms with Gasteiger partial charge < -0.3 is 10.0 Å². The van der Waals surface area contributed by atoms with Crippen LogP contribution >= 0.6 is 0 Å². The second-order valence-corrected chi connectivity index (χ2v) is 6.02. The Hall–Kier alpha value is -2.55. The van der Waals surface area contributed by atoms with E-state index in [-0.39, 0.29) is 5.82 Å². The molecule has 0 aliphatic carbocycles. The fourth-order valence-electron chi connectivity index (χ4n) is 2.86. The van der Waals surface area contributed by atoms with E-state index in [0.717, 1.165) is 16.9 Å². The average molecular weight is 309 g/mol. The molecule has 2 aromatic carbocycles. The molecule has 0 unspecified atom stereocenters. The highest BCUT2D eigenvalue weighted by Crippen LogP contribution is 2.31. The SMILES string of the molecule is CC(C)C1=CC=C(O)CN1c1cccc(-c2ccccc2F)c1. The smallest absolute Gasteiger partial charge is 0.131 e. The van der Waals surface area contributed by atoms with Crippen LogP contribution in [0.3, 0.4) is 0 Å². The Bertz CT molecular complexity index is 777. The van der Waals surface area contributed by atoms with Gasteiger partial charge >= 0.3 is 0 Å². The molecular weight excluding hydrogens is 289 g/mol. The van der Waals surface area contributed by atoms with Crippen molar-refractivity contribution in [3.63, 3.8) is 0 Å². The molecular formula is C20H20FNO. The minimum atomic E-state index is -0.231. The summed E-state index contributed by atoms with van der Waals surface area (Å²) in [5.41, 5.74) is 3.50. The van der Waals surface area contributed by atoms with Crippen LogP contribution in [0.2, 0.25) is 0 Å². The Morgan fingerprint density at radius 2 is 1.83 bits per heavy atom. The quantitative estimate of drug-likeness (QED) is 0.832. The molecule has 1 aliphatic rings. The van der Waals surface area contributed by atoms with E-state index in [1.54, 1.807) is 18.2 Å². The Morgan fingerprint density at radius 3 is 2.57 bits per heavy atom. The molecule has 1 aliphatic heterocycles. The first kappa shape index (κ1) is 15.3. The van der Waals surface area contributed by atoms with Gasteiger partial charge in [-0.1, -0.05) is 44.2 Å². The maximum atomic E-state index is 14.0. The highest BCUT2D eigenvalue weighted by atomic mass is 19.1. The van der Waals surface area contributed by atoms with Crippen LogP contribution in [-0.2, 0) is 0 Å². The molecule has 3 heteroatoms. The van der Waals surface area contributed by atoms with Gasteiger partial charge in [0, 0.05) is 16.9 Å². The second-order valence-electron chi connectivity index (χ2n) is 6.02. The van der Waals surface area contributed by atoms with Gasteiger partial charge in [-0.3, -0.25) is 0 Å². The van der Waals surface area contributed by atoms with Gasteiger partial charge in [-0.25, -0.2) is 4.39 Å². The molecule has 1 N–H and O–H groups in total. The van der Waals surface area contributed by atoms with Crippen molar-refractivity contribution < 1.29 is 9.50 Å². The Balaban J connectivity index is 2.02. The molecule has 0 saturated heterocycles. The van der Waals surface area contributed by atoms with Crippen molar-refractivity contribution >= 4 is 5.69 Å². The van der Waals surface area contributed by atoms with E-state index in [0.29, 0.717) is 23.8 Å². The van der Waals surface area contributed by atoms with Crippen LogP contribution < -0.4 is 4.90 Å². The average Bonchev–Trinajstić information content (AvgIpc) is 2.55. The van der Waals surface area contributed by atoms with Crippen LogP contribution in [0.1, 0.15) is 13.8 Å². The van der Waals surface area contributed by atoms with Crippen LogP contribution in [0.4, 0.5) is 10.1 Å². The summed E-state index contributed by atoms with van der Waals surface area (Å²) < 4.78 is 14.0. The van der Waals surface area contributed by atoms with Gasteiger partial charge in [0.2, 0.25) is 0 Å². The lowest BCUT2D eigenvalue weighted by molar-refractivity contribution is 0.397. The molecule has 0 atom stereocenters. The molecule has 23 heavy (non-hydrogen) atoms. The maximum absolute atomic E-state index is 14.0. The first-order valence-electron chi connectivity index (χ1n) is 7.78. The summed E-state index contributed by atoms with van der Waals surface area (Å²) in [5.74, 6) is 0.424. The summed E-state index contributed by atoms with van der Waals surface area (Å²) in [6.07, 6.45) is 3.69. The third-order valence-electron chi connectivity index (χ3n) is 4.01. The maximum Gasteiger partial charge on any atom is 0.131 e. The van der Waals surface area contributed by atoms with Crippen molar-refractivity contribution in [1.82, 2.24) is 0 Å². The molecule has 0 radical (unpaired) electrons. The number of benzene rings is 2. The number of aliphatic hydroxyl groups excluding tert-OH is 1. The van der Waals surface area contributed by atoms with Crippen molar-refractivity contribution in [1.29, 1.82) is 0 Å². The standard InChI is InChI=1S/C20H20FNO/c1-14(2)20-11-10-17(23)13-22(20)16-7-5-6-15(12-16)18-8-3-4-9-19(18)21/h3-12,14,23H,13H2,1-2H3. The zero-order valence-corrected chi connectivity index (χ0v) is 13.3. The second kappa shape index (κ2) is 6.29. The summed E-state index contributed by atoms with van der Waals surface area (Å²) >= 11 is 0. The number of nitrogens with zero attached hydrogens (tertiary/aromatic N) is 1. The van der Waals surface area contributed by atoms with E-state index in [4.69, 9.17) is 0 Å². The van der Waals surface area contributed by atoms with Crippen LogP contribution in [0.5, 0.6) is 0 Å². The lowest BCUT2D eigenvalue weighted by atomic mass is 10.0. The van der Waals surface area contributed by atoms with Crippen LogP contribution in [-0.4, -0.2) is 11.7 Å².